The highest BCUT2D eigenvalue weighted by Crippen LogP contribution is 2.18. The highest BCUT2D eigenvalue weighted by atomic mass is 16.2. The minimum absolute atomic E-state index is 0.0610. The number of carbonyl (C=O) groups excluding carboxylic acids is 1. The molecule has 0 spiro atoms. The van der Waals surface area contributed by atoms with Gasteiger partial charge in [0.1, 0.15) is 11.5 Å². The molecule has 1 amide bonds. The molecule has 1 N–H and O–H groups in total. The molecule has 0 saturated carbocycles. The van der Waals surface area contributed by atoms with Crippen LogP contribution in [0.4, 0.5) is 5.82 Å². The molecule has 1 heterocycles. The lowest BCUT2D eigenvalue weighted by Crippen LogP contribution is -2.31. The molecule has 2 rings (SSSR count). The maximum absolute atomic E-state index is 12.6. The van der Waals surface area contributed by atoms with Gasteiger partial charge in [-0.3, -0.25) is 4.79 Å². The summed E-state index contributed by atoms with van der Waals surface area (Å²) >= 11 is 0. The molecule has 2 aromatic rings. The van der Waals surface area contributed by atoms with E-state index in [1.54, 1.807) is 11.0 Å². The zero-order chi connectivity index (χ0) is 16.7. The van der Waals surface area contributed by atoms with Crippen molar-refractivity contribution in [3.8, 4) is 11.4 Å². The Balaban J connectivity index is 2.43. The molecule has 0 aliphatic rings. The molecule has 23 heavy (non-hydrogen) atoms. The Bertz CT molecular complexity index is 639. The van der Waals surface area contributed by atoms with E-state index >= 15 is 0 Å². The van der Waals surface area contributed by atoms with E-state index < -0.39 is 0 Å². The van der Waals surface area contributed by atoms with Gasteiger partial charge in [0, 0.05) is 31.3 Å². The van der Waals surface area contributed by atoms with Gasteiger partial charge in [-0.1, -0.05) is 37.3 Å². The molecule has 0 radical (unpaired) electrons. The van der Waals surface area contributed by atoms with E-state index in [1.165, 1.54) is 0 Å². The van der Waals surface area contributed by atoms with Crippen molar-refractivity contribution < 1.29 is 4.79 Å². The van der Waals surface area contributed by atoms with Gasteiger partial charge in [0.25, 0.3) is 5.91 Å². The first-order valence-electron chi connectivity index (χ1n) is 8.17. The number of carbonyl (C=O) groups is 1. The average molecular weight is 312 g/mol. The van der Waals surface area contributed by atoms with Crippen molar-refractivity contribution in [1.29, 1.82) is 0 Å². The highest BCUT2D eigenvalue weighted by molar-refractivity contribution is 5.93. The summed E-state index contributed by atoms with van der Waals surface area (Å²) < 4.78 is 0. The second-order valence-corrected chi connectivity index (χ2v) is 5.23. The van der Waals surface area contributed by atoms with Crippen LogP contribution in [0.3, 0.4) is 0 Å². The number of hydrogen-bond acceptors (Lipinski definition) is 4. The summed E-state index contributed by atoms with van der Waals surface area (Å²) in [7, 11) is 0. The van der Waals surface area contributed by atoms with Crippen molar-refractivity contribution in [3.05, 3.63) is 42.1 Å². The van der Waals surface area contributed by atoms with Gasteiger partial charge in [-0.2, -0.15) is 0 Å². The minimum atomic E-state index is -0.0610. The summed E-state index contributed by atoms with van der Waals surface area (Å²) in [5.41, 5.74) is 1.34. The zero-order valence-corrected chi connectivity index (χ0v) is 14.0. The van der Waals surface area contributed by atoms with Crippen molar-refractivity contribution in [2.24, 2.45) is 0 Å². The van der Waals surface area contributed by atoms with Crippen LogP contribution < -0.4 is 5.32 Å². The molecule has 0 saturated heterocycles. The number of hydrogen-bond donors (Lipinski definition) is 1. The van der Waals surface area contributed by atoms with Gasteiger partial charge >= 0.3 is 0 Å². The van der Waals surface area contributed by atoms with Crippen LogP contribution in [0.25, 0.3) is 11.4 Å². The smallest absolute Gasteiger partial charge is 0.272 e. The van der Waals surface area contributed by atoms with Gasteiger partial charge in [-0.25, -0.2) is 9.97 Å². The number of aromatic nitrogens is 2. The van der Waals surface area contributed by atoms with E-state index in [0.29, 0.717) is 30.4 Å². The summed E-state index contributed by atoms with van der Waals surface area (Å²) in [4.78, 5) is 23.4. The van der Waals surface area contributed by atoms with Crippen molar-refractivity contribution in [2.75, 3.05) is 25.0 Å². The molecule has 1 aromatic heterocycles. The lowest BCUT2D eigenvalue weighted by atomic mass is 10.2. The van der Waals surface area contributed by atoms with Gasteiger partial charge in [-0.05, 0) is 20.3 Å². The van der Waals surface area contributed by atoms with Crippen molar-refractivity contribution >= 4 is 11.7 Å². The molecule has 0 aliphatic heterocycles. The Morgan fingerprint density at radius 2 is 1.78 bits per heavy atom. The molecule has 0 aliphatic carbocycles. The number of nitrogens with zero attached hydrogens (tertiary/aromatic N) is 3. The van der Waals surface area contributed by atoms with Gasteiger partial charge in [0.05, 0.1) is 0 Å². The molecule has 1 aromatic carbocycles. The topological polar surface area (TPSA) is 58.1 Å². The molecule has 122 valence electrons. The average Bonchev–Trinajstić information content (AvgIpc) is 2.61. The second-order valence-electron chi connectivity index (χ2n) is 5.23. The van der Waals surface area contributed by atoms with Gasteiger partial charge in [0.15, 0.2) is 5.82 Å². The van der Waals surface area contributed by atoms with Crippen molar-refractivity contribution in [3.63, 3.8) is 0 Å². The predicted octanol–water partition coefficient (Wildman–Crippen LogP) is 3.45. The molecule has 5 heteroatoms. The van der Waals surface area contributed by atoms with E-state index in [1.807, 2.05) is 44.2 Å². The van der Waals surface area contributed by atoms with E-state index in [9.17, 15) is 4.79 Å². The van der Waals surface area contributed by atoms with Crippen LogP contribution in [-0.4, -0.2) is 40.4 Å². The monoisotopic (exact) mass is 312 g/mol. The fourth-order valence-electron chi connectivity index (χ4n) is 2.29. The highest BCUT2D eigenvalue weighted by Gasteiger charge is 2.17. The summed E-state index contributed by atoms with van der Waals surface area (Å²) in [6.07, 6.45) is 0.990. The van der Waals surface area contributed by atoms with Crippen molar-refractivity contribution in [2.45, 2.75) is 27.2 Å². The Kier molecular flexibility index (Phi) is 6.09. The van der Waals surface area contributed by atoms with Gasteiger partial charge < -0.3 is 10.2 Å². The van der Waals surface area contributed by atoms with Crippen LogP contribution in [0, 0.1) is 0 Å². The molecule has 0 bridgehead atoms. The molecule has 0 atom stereocenters. The summed E-state index contributed by atoms with van der Waals surface area (Å²) in [5.74, 6) is 1.20. The SMILES string of the molecule is CCCNc1cc(C(=O)N(CC)CC)nc(-c2ccccc2)n1. The maximum Gasteiger partial charge on any atom is 0.272 e. The number of benzene rings is 1. The maximum atomic E-state index is 12.6. The first-order chi connectivity index (χ1) is 11.2. The molecule has 0 fully saturated rings. The fourth-order valence-corrected chi connectivity index (χ4v) is 2.29. The van der Waals surface area contributed by atoms with Crippen molar-refractivity contribution in [1.82, 2.24) is 14.9 Å². The molecule has 5 nitrogen and oxygen atoms in total. The standard InChI is InChI=1S/C18H24N4O/c1-4-12-19-16-13-15(18(23)22(5-2)6-3)20-17(21-16)14-10-8-7-9-11-14/h7-11,13H,4-6,12H2,1-3H3,(H,19,20,21). The van der Waals surface area contributed by atoms with Crippen LogP contribution in [-0.2, 0) is 0 Å². The third-order valence-corrected chi connectivity index (χ3v) is 3.58. The van der Waals surface area contributed by atoms with Gasteiger partial charge in [-0.15, -0.1) is 0 Å². The number of amides is 1. The third-order valence-electron chi connectivity index (χ3n) is 3.58. The lowest BCUT2D eigenvalue weighted by Gasteiger charge is -2.19. The number of rotatable bonds is 7. The Morgan fingerprint density at radius 3 is 2.39 bits per heavy atom. The molecular formula is C18H24N4O. The Morgan fingerprint density at radius 1 is 1.09 bits per heavy atom. The summed E-state index contributed by atoms with van der Waals surface area (Å²) in [6.45, 7) is 8.17. The predicted molar refractivity (Wildman–Crippen MR) is 93.5 cm³/mol. The first-order valence-corrected chi connectivity index (χ1v) is 8.17. The number of anilines is 1. The van der Waals surface area contributed by atoms with E-state index in [2.05, 4.69) is 22.2 Å². The normalized spacial score (nSPS) is 10.4. The van der Waals surface area contributed by atoms with Crippen LogP contribution in [0.15, 0.2) is 36.4 Å². The van der Waals surface area contributed by atoms with Gasteiger partial charge in [0.2, 0.25) is 0 Å². The Hall–Kier alpha value is -2.43. The van der Waals surface area contributed by atoms with E-state index in [4.69, 9.17) is 0 Å². The van der Waals surface area contributed by atoms with Crippen LogP contribution >= 0.6 is 0 Å². The third kappa shape index (κ3) is 4.28. The first kappa shape index (κ1) is 16.9. The van der Waals surface area contributed by atoms with E-state index in [0.717, 1.165) is 18.5 Å². The Labute approximate surface area is 137 Å². The summed E-state index contributed by atoms with van der Waals surface area (Å²) in [5, 5.41) is 3.25. The zero-order valence-electron chi connectivity index (χ0n) is 14.0. The second kappa shape index (κ2) is 8.27. The molecular weight excluding hydrogens is 288 g/mol. The fraction of sp³-hybridized carbons (Fsp3) is 0.389. The minimum Gasteiger partial charge on any atom is -0.370 e. The molecule has 0 unspecified atom stereocenters. The number of nitrogens with one attached hydrogen (secondary N) is 1. The van der Waals surface area contributed by atoms with Crippen LogP contribution in [0.5, 0.6) is 0 Å². The summed E-state index contributed by atoms with van der Waals surface area (Å²) in [6, 6.07) is 11.5. The lowest BCUT2D eigenvalue weighted by molar-refractivity contribution is 0.0767. The quantitative estimate of drug-likeness (QED) is 0.851. The largest absolute Gasteiger partial charge is 0.370 e. The van der Waals surface area contributed by atoms with Crippen LogP contribution in [0.2, 0.25) is 0 Å². The van der Waals surface area contributed by atoms with E-state index in [-0.39, 0.29) is 5.91 Å². The van der Waals surface area contributed by atoms with Crippen LogP contribution in [0.1, 0.15) is 37.7 Å².